The Kier molecular flexibility index (Phi) is 4.98. The molecule has 4 N–H and O–H groups in total. The molecule has 1 unspecified atom stereocenters. The van der Waals surface area contributed by atoms with E-state index >= 15 is 0 Å². The molecule has 0 aromatic carbocycles. The van der Waals surface area contributed by atoms with E-state index in [9.17, 15) is 9.59 Å². The fraction of sp³-hybridized carbons (Fsp3) is 0.667. The molecular weight excluding hydrogens is 162 g/mol. The molecule has 0 aromatic heterocycles. The number of carbonyl (C=O) groups is 2. The van der Waals surface area contributed by atoms with Crippen LogP contribution in [-0.2, 0) is 14.4 Å². The number of nitrogens with one attached hydrogen (secondary N) is 2. The van der Waals surface area contributed by atoms with Gasteiger partial charge in [-0.05, 0) is 6.92 Å². The molecular formula is C6H13N3O3. The number of carbonyl (C=O) groups excluding carboxylic acids is 2. The molecule has 12 heavy (non-hydrogen) atoms. The zero-order valence-electron chi connectivity index (χ0n) is 7.09. The van der Waals surface area contributed by atoms with Crippen molar-refractivity contribution < 1.29 is 14.4 Å². The Balaban J connectivity index is 3.50. The van der Waals surface area contributed by atoms with Crippen molar-refractivity contribution in [2.75, 3.05) is 13.7 Å². The van der Waals surface area contributed by atoms with E-state index in [0.717, 1.165) is 0 Å². The van der Waals surface area contributed by atoms with Crippen LogP contribution in [0, 0.1) is 0 Å². The first kappa shape index (κ1) is 10.9. The quantitative estimate of drug-likeness (QED) is 0.427. The van der Waals surface area contributed by atoms with E-state index in [1.165, 1.54) is 7.05 Å². The van der Waals surface area contributed by atoms with Crippen LogP contribution in [0.25, 0.3) is 0 Å². The van der Waals surface area contributed by atoms with E-state index in [1.54, 1.807) is 6.92 Å². The SMILES string of the molecule is CNC(=O)C(C)NOCC(N)=O. The third-order valence-corrected chi connectivity index (χ3v) is 1.11. The van der Waals surface area contributed by atoms with Crippen molar-refractivity contribution in [3.63, 3.8) is 0 Å². The monoisotopic (exact) mass is 175 g/mol. The number of primary amides is 1. The van der Waals surface area contributed by atoms with Crippen molar-refractivity contribution in [1.29, 1.82) is 0 Å². The molecule has 0 saturated carbocycles. The van der Waals surface area contributed by atoms with Gasteiger partial charge in [-0.15, -0.1) is 0 Å². The Morgan fingerprint density at radius 3 is 2.58 bits per heavy atom. The summed E-state index contributed by atoms with van der Waals surface area (Å²) in [5.74, 6) is -0.814. The smallest absolute Gasteiger partial charge is 0.245 e. The summed E-state index contributed by atoms with van der Waals surface area (Å²) in [7, 11) is 1.51. The number of likely N-dealkylation sites (N-methyl/N-ethyl adjacent to an activating group) is 1. The Morgan fingerprint density at radius 2 is 2.17 bits per heavy atom. The molecule has 1 atom stereocenters. The highest BCUT2D eigenvalue weighted by molar-refractivity contribution is 5.80. The maximum atomic E-state index is 10.8. The number of amides is 2. The van der Waals surface area contributed by atoms with E-state index in [4.69, 9.17) is 5.73 Å². The molecule has 0 radical (unpaired) electrons. The first-order chi connectivity index (χ1) is 5.57. The van der Waals surface area contributed by atoms with Gasteiger partial charge in [-0.1, -0.05) is 0 Å². The van der Waals surface area contributed by atoms with Crippen molar-refractivity contribution in [2.45, 2.75) is 13.0 Å². The summed E-state index contributed by atoms with van der Waals surface area (Å²) >= 11 is 0. The molecule has 0 heterocycles. The Labute approximate surface area is 70.4 Å². The summed E-state index contributed by atoms with van der Waals surface area (Å²) in [6, 6.07) is -0.505. The van der Waals surface area contributed by atoms with E-state index in [1.807, 2.05) is 0 Å². The van der Waals surface area contributed by atoms with Gasteiger partial charge in [0.2, 0.25) is 11.8 Å². The highest BCUT2D eigenvalue weighted by Gasteiger charge is 2.09. The van der Waals surface area contributed by atoms with Crippen LogP contribution in [0.1, 0.15) is 6.92 Å². The number of hydrogen-bond donors (Lipinski definition) is 3. The largest absolute Gasteiger partial charge is 0.368 e. The van der Waals surface area contributed by atoms with E-state index in [2.05, 4.69) is 15.6 Å². The van der Waals surface area contributed by atoms with Crippen LogP contribution < -0.4 is 16.5 Å². The second kappa shape index (κ2) is 5.50. The maximum absolute atomic E-state index is 10.8. The summed E-state index contributed by atoms with van der Waals surface area (Å²) in [6.07, 6.45) is 0. The molecule has 6 heteroatoms. The Morgan fingerprint density at radius 1 is 1.58 bits per heavy atom. The fourth-order valence-corrected chi connectivity index (χ4v) is 0.508. The number of rotatable bonds is 5. The average Bonchev–Trinajstić information content (AvgIpc) is 2.02. The predicted molar refractivity (Wildman–Crippen MR) is 41.8 cm³/mol. The van der Waals surface area contributed by atoms with Crippen molar-refractivity contribution >= 4 is 11.8 Å². The minimum Gasteiger partial charge on any atom is -0.368 e. The van der Waals surface area contributed by atoms with Crippen LogP contribution in [0.5, 0.6) is 0 Å². The molecule has 0 spiro atoms. The van der Waals surface area contributed by atoms with Gasteiger partial charge in [0.05, 0.1) is 0 Å². The van der Waals surface area contributed by atoms with E-state index in [0.29, 0.717) is 0 Å². The van der Waals surface area contributed by atoms with Crippen molar-refractivity contribution in [3.05, 3.63) is 0 Å². The number of nitrogens with two attached hydrogens (primary N) is 1. The standard InChI is InChI=1S/C6H13N3O3/c1-4(6(11)8-2)9-12-3-5(7)10/h4,9H,3H2,1-2H3,(H2,7,10)(H,8,11). The van der Waals surface area contributed by atoms with Gasteiger partial charge < -0.3 is 11.1 Å². The molecule has 0 saturated heterocycles. The highest BCUT2D eigenvalue weighted by Crippen LogP contribution is 1.80. The van der Waals surface area contributed by atoms with Crippen molar-refractivity contribution in [1.82, 2.24) is 10.8 Å². The third-order valence-electron chi connectivity index (χ3n) is 1.11. The van der Waals surface area contributed by atoms with Crippen LogP contribution in [0.4, 0.5) is 0 Å². The number of hydroxylamine groups is 1. The summed E-state index contributed by atoms with van der Waals surface area (Å²) < 4.78 is 0. The van der Waals surface area contributed by atoms with E-state index < -0.39 is 11.9 Å². The summed E-state index contributed by atoms with van der Waals surface area (Å²) in [5, 5.41) is 2.41. The lowest BCUT2D eigenvalue weighted by Crippen LogP contribution is -2.41. The van der Waals surface area contributed by atoms with Gasteiger partial charge in [-0.2, -0.15) is 5.48 Å². The molecule has 70 valence electrons. The Hall–Kier alpha value is -1.14. The maximum Gasteiger partial charge on any atom is 0.245 e. The van der Waals surface area contributed by atoms with Crippen LogP contribution >= 0.6 is 0 Å². The van der Waals surface area contributed by atoms with Crippen LogP contribution in [0.2, 0.25) is 0 Å². The normalized spacial score (nSPS) is 12.2. The van der Waals surface area contributed by atoms with Gasteiger partial charge in [0.15, 0.2) is 0 Å². The Bertz CT molecular complexity index is 171. The fourth-order valence-electron chi connectivity index (χ4n) is 0.508. The second-order valence-corrected chi connectivity index (χ2v) is 2.21. The molecule has 0 fully saturated rings. The molecule has 0 aromatic rings. The predicted octanol–water partition coefficient (Wildman–Crippen LogP) is -1.87. The lowest BCUT2D eigenvalue weighted by molar-refractivity contribution is -0.132. The highest BCUT2D eigenvalue weighted by atomic mass is 16.6. The summed E-state index contributed by atoms with van der Waals surface area (Å²) in [5.41, 5.74) is 7.13. The van der Waals surface area contributed by atoms with E-state index in [-0.39, 0.29) is 12.5 Å². The molecule has 0 bridgehead atoms. The van der Waals surface area contributed by atoms with Crippen LogP contribution in [0.15, 0.2) is 0 Å². The summed E-state index contributed by atoms with van der Waals surface area (Å²) in [4.78, 5) is 25.6. The first-order valence-corrected chi connectivity index (χ1v) is 3.45. The second-order valence-electron chi connectivity index (χ2n) is 2.21. The average molecular weight is 175 g/mol. The van der Waals surface area contributed by atoms with Gasteiger partial charge >= 0.3 is 0 Å². The van der Waals surface area contributed by atoms with Crippen LogP contribution in [-0.4, -0.2) is 31.5 Å². The summed E-state index contributed by atoms with van der Waals surface area (Å²) in [6.45, 7) is 1.35. The molecule has 0 rings (SSSR count). The van der Waals surface area contributed by atoms with Gasteiger partial charge in [-0.25, -0.2) is 0 Å². The molecule has 6 nitrogen and oxygen atoms in total. The van der Waals surface area contributed by atoms with Gasteiger partial charge in [0.1, 0.15) is 12.6 Å². The van der Waals surface area contributed by atoms with Gasteiger partial charge in [-0.3, -0.25) is 14.4 Å². The lowest BCUT2D eigenvalue weighted by Gasteiger charge is -2.10. The third kappa shape index (κ3) is 4.64. The topological polar surface area (TPSA) is 93.4 Å². The van der Waals surface area contributed by atoms with Crippen LogP contribution in [0.3, 0.4) is 0 Å². The van der Waals surface area contributed by atoms with Crippen molar-refractivity contribution in [2.24, 2.45) is 5.73 Å². The van der Waals surface area contributed by atoms with Crippen molar-refractivity contribution in [3.8, 4) is 0 Å². The first-order valence-electron chi connectivity index (χ1n) is 3.45. The molecule has 0 aliphatic heterocycles. The lowest BCUT2D eigenvalue weighted by atomic mass is 10.3. The minimum atomic E-state index is -0.591. The molecule has 0 aliphatic rings. The molecule has 0 aliphatic carbocycles. The van der Waals surface area contributed by atoms with Gasteiger partial charge in [0.25, 0.3) is 0 Å². The molecule has 2 amide bonds. The zero-order valence-corrected chi connectivity index (χ0v) is 7.09. The van der Waals surface area contributed by atoms with Gasteiger partial charge in [0, 0.05) is 7.05 Å². The number of hydrogen-bond acceptors (Lipinski definition) is 4. The zero-order chi connectivity index (χ0) is 9.56. The minimum absolute atomic E-state index is 0.223.